The van der Waals surface area contributed by atoms with Gasteiger partial charge in [-0.05, 0) is 45.0 Å². The van der Waals surface area contributed by atoms with E-state index in [-0.39, 0.29) is 0 Å². The number of hydrogen-bond donors (Lipinski definition) is 1. The Hall–Kier alpha value is -2.85. The van der Waals surface area contributed by atoms with Crippen molar-refractivity contribution in [2.24, 2.45) is 0 Å². The van der Waals surface area contributed by atoms with Gasteiger partial charge in [0.25, 0.3) is 0 Å². The van der Waals surface area contributed by atoms with Crippen molar-refractivity contribution in [1.82, 2.24) is 9.94 Å². The van der Waals surface area contributed by atoms with Gasteiger partial charge >= 0.3 is 5.56 Å². The SMILES string of the molecule is CC1(C)Oc2ccc(C#N)cc2[C@@H](On2ncccc2=O)[C@]1(C)O. The van der Waals surface area contributed by atoms with E-state index in [4.69, 9.17) is 14.8 Å². The summed E-state index contributed by atoms with van der Waals surface area (Å²) in [6.07, 6.45) is 0.463. The predicted molar refractivity (Wildman–Crippen MR) is 84.3 cm³/mol. The van der Waals surface area contributed by atoms with Gasteiger partial charge in [0.05, 0.1) is 17.8 Å². The summed E-state index contributed by atoms with van der Waals surface area (Å²) in [6, 6.07) is 9.70. The van der Waals surface area contributed by atoms with Gasteiger partial charge in [-0.2, -0.15) is 5.26 Å². The lowest BCUT2D eigenvalue weighted by Gasteiger charge is -2.48. The lowest BCUT2D eigenvalue weighted by molar-refractivity contribution is -0.205. The van der Waals surface area contributed by atoms with Gasteiger partial charge in [0.15, 0.2) is 6.10 Å². The first-order valence-corrected chi connectivity index (χ1v) is 7.43. The predicted octanol–water partition coefficient (Wildman–Crippen LogP) is 1.21. The van der Waals surface area contributed by atoms with Gasteiger partial charge in [-0.25, -0.2) is 0 Å². The minimum atomic E-state index is -1.48. The molecule has 1 aromatic carbocycles. The smallest absolute Gasteiger partial charge is 0.303 e. The van der Waals surface area contributed by atoms with Gasteiger partial charge in [-0.15, -0.1) is 5.10 Å². The molecule has 1 aliphatic rings. The molecule has 124 valence electrons. The number of nitriles is 1. The molecule has 7 nitrogen and oxygen atoms in total. The molecule has 1 N–H and O–H groups in total. The maximum absolute atomic E-state index is 11.9. The normalized spacial score (nSPS) is 24.4. The zero-order valence-corrected chi connectivity index (χ0v) is 13.6. The fourth-order valence-corrected chi connectivity index (χ4v) is 2.60. The zero-order chi connectivity index (χ0) is 17.5. The van der Waals surface area contributed by atoms with E-state index in [1.807, 2.05) is 6.07 Å². The third kappa shape index (κ3) is 2.41. The summed E-state index contributed by atoms with van der Waals surface area (Å²) in [7, 11) is 0. The number of ether oxygens (including phenoxy) is 1. The molecule has 3 rings (SSSR count). The van der Waals surface area contributed by atoms with Gasteiger partial charge in [0.2, 0.25) is 0 Å². The highest BCUT2D eigenvalue weighted by atomic mass is 16.7. The van der Waals surface area contributed by atoms with Crippen molar-refractivity contribution in [1.29, 1.82) is 5.26 Å². The van der Waals surface area contributed by atoms with Crippen LogP contribution in [-0.2, 0) is 0 Å². The van der Waals surface area contributed by atoms with Crippen LogP contribution < -0.4 is 15.1 Å². The molecule has 0 aliphatic carbocycles. The van der Waals surface area contributed by atoms with E-state index < -0.39 is 22.9 Å². The van der Waals surface area contributed by atoms with Crippen LogP contribution in [0.4, 0.5) is 0 Å². The van der Waals surface area contributed by atoms with Crippen LogP contribution in [0.5, 0.6) is 5.75 Å². The molecule has 24 heavy (non-hydrogen) atoms. The number of nitrogens with zero attached hydrogens (tertiary/aromatic N) is 3. The van der Waals surface area contributed by atoms with E-state index in [2.05, 4.69) is 5.10 Å². The number of hydrogen-bond acceptors (Lipinski definition) is 6. The number of aliphatic hydroxyl groups is 1. The van der Waals surface area contributed by atoms with Gasteiger partial charge in [-0.1, -0.05) is 4.85 Å². The second kappa shape index (κ2) is 5.35. The molecule has 0 saturated carbocycles. The van der Waals surface area contributed by atoms with Crippen molar-refractivity contribution >= 4 is 0 Å². The first-order valence-electron chi connectivity index (χ1n) is 7.43. The second-order valence-corrected chi connectivity index (χ2v) is 6.34. The minimum absolute atomic E-state index is 0.398. The summed E-state index contributed by atoms with van der Waals surface area (Å²) >= 11 is 0. The largest absolute Gasteiger partial charge is 0.484 e. The fourth-order valence-electron chi connectivity index (χ4n) is 2.60. The van der Waals surface area contributed by atoms with Gasteiger partial charge < -0.3 is 14.7 Å². The highest BCUT2D eigenvalue weighted by Gasteiger charge is 2.55. The van der Waals surface area contributed by atoms with Crippen molar-refractivity contribution in [2.75, 3.05) is 0 Å². The lowest BCUT2D eigenvalue weighted by Crippen LogP contribution is -2.60. The van der Waals surface area contributed by atoms with Gasteiger partial charge in [-0.3, -0.25) is 4.79 Å². The molecule has 7 heteroatoms. The Morgan fingerprint density at radius 1 is 1.38 bits per heavy atom. The molecule has 2 heterocycles. The molecule has 1 aliphatic heterocycles. The standard InChI is InChI=1S/C17H17N3O4/c1-16(2)17(3,22)15(24-20-14(21)5-4-8-19-20)12-9-11(10-18)6-7-13(12)23-16/h4-9,15,22H,1-3H3/t15-,17+/m1/s1. The Morgan fingerprint density at radius 2 is 2.12 bits per heavy atom. The number of benzene rings is 1. The average Bonchev–Trinajstić information content (AvgIpc) is 2.53. The van der Waals surface area contributed by atoms with Crippen LogP contribution in [0.2, 0.25) is 0 Å². The molecule has 2 atom stereocenters. The topological polar surface area (TPSA) is 97.4 Å². The monoisotopic (exact) mass is 327 g/mol. The molecule has 0 unspecified atom stereocenters. The van der Waals surface area contributed by atoms with E-state index in [0.717, 1.165) is 4.85 Å². The molecule has 2 aromatic rings. The van der Waals surface area contributed by atoms with Crippen molar-refractivity contribution in [3.63, 3.8) is 0 Å². The Morgan fingerprint density at radius 3 is 2.79 bits per heavy atom. The Labute approximate surface area is 138 Å². The third-order valence-corrected chi connectivity index (χ3v) is 4.41. The Kier molecular flexibility index (Phi) is 3.57. The maximum atomic E-state index is 11.9. The van der Waals surface area contributed by atoms with Crippen LogP contribution in [0, 0.1) is 11.3 Å². The molecule has 0 radical (unpaired) electrons. The first-order chi connectivity index (χ1) is 11.3. The molecule has 1 aromatic heterocycles. The summed E-state index contributed by atoms with van der Waals surface area (Å²) in [4.78, 5) is 18.4. The van der Waals surface area contributed by atoms with E-state index in [0.29, 0.717) is 16.9 Å². The summed E-state index contributed by atoms with van der Waals surface area (Å²) < 4.78 is 5.89. The lowest BCUT2D eigenvalue weighted by atomic mass is 9.77. The first kappa shape index (κ1) is 16.0. The highest BCUT2D eigenvalue weighted by molar-refractivity contribution is 5.46. The summed E-state index contributed by atoms with van der Waals surface area (Å²) in [5.41, 5.74) is -2.05. The van der Waals surface area contributed by atoms with Gasteiger partial charge in [0.1, 0.15) is 17.0 Å². The van der Waals surface area contributed by atoms with Crippen LogP contribution in [0.1, 0.15) is 38.0 Å². The van der Waals surface area contributed by atoms with Crippen molar-refractivity contribution < 1.29 is 14.7 Å². The van der Waals surface area contributed by atoms with Crippen LogP contribution in [0.25, 0.3) is 0 Å². The van der Waals surface area contributed by atoms with Crippen LogP contribution in [0.15, 0.2) is 41.3 Å². The minimum Gasteiger partial charge on any atom is -0.484 e. The number of aromatic nitrogens is 2. The quantitative estimate of drug-likeness (QED) is 0.890. The molecular formula is C17H17N3O4. The average molecular weight is 327 g/mol. The van der Waals surface area contributed by atoms with Crippen LogP contribution >= 0.6 is 0 Å². The molecular weight excluding hydrogens is 310 g/mol. The van der Waals surface area contributed by atoms with E-state index in [1.54, 1.807) is 39.0 Å². The Balaban J connectivity index is 2.16. The van der Waals surface area contributed by atoms with Crippen molar-refractivity contribution in [3.05, 3.63) is 58.0 Å². The zero-order valence-electron chi connectivity index (χ0n) is 13.6. The third-order valence-electron chi connectivity index (χ3n) is 4.41. The summed E-state index contributed by atoms with van der Waals surface area (Å²) in [6.45, 7) is 5.02. The summed E-state index contributed by atoms with van der Waals surface area (Å²) in [5.74, 6) is 0.486. The fraction of sp³-hybridized carbons (Fsp3) is 0.353. The van der Waals surface area contributed by atoms with Crippen molar-refractivity contribution in [2.45, 2.75) is 38.1 Å². The highest BCUT2D eigenvalue weighted by Crippen LogP contribution is 2.46. The van der Waals surface area contributed by atoms with Gasteiger partial charge in [0, 0.05) is 11.6 Å². The van der Waals surface area contributed by atoms with E-state index in [9.17, 15) is 9.90 Å². The van der Waals surface area contributed by atoms with Crippen LogP contribution in [0.3, 0.4) is 0 Å². The molecule has 0 spiro atoms. The molecule has 0 fully saturated rings. The van der Waals surface area contributed by atoms with E-state index >= 15 is 0 Å². The maximum Gasteiger partial charge on any atom is 0.303 e. The van der Waals surface area contributed by atoms with Crippen LogP contribution in [-0.4, -0.2) is 26.3 Å². The molecule has 0 amide bonds. The van der Waals surface area contributed by atoms with Crippen molar-refractivity contribution in [3.8, 4) is 11.8 Å². The number of rotatable bonds is 2. The summed E-state index contributed by atoms with van der Waals surface area (Å²) in [5, 5.41) is 24.0. The second-order valence-electron chi connectivity index (χ2n) is 6.34. The number of fused-ring (bicyclic) bond motifs is 1. The molecule has 0 bridgehead atoms. The molecule has 0 saturated heterocycles. The van der Waals surface area contributed by atoms with E-state index in [1.165, 1.54) is 18.3 Å². The Bertz CT molecular complexity index is 880.